The van der Waals surface area contributed by atoms with Crippen molar-refractivity contribution in [2.24, 2.45) is 5.73 Å². The number of alkyl halides is 3. The number of hydrogen-bond donors (Lipinski definition) is 1. The first-order valence-corrected chi connectivity index (χ1v) is 6.93. The normalized spacial score (nSPS) is 19.2. The van der Waals surface area contributed by atoms with E-state index in [1.54, 1.807) is 0 Å². The largest absolute Gasteiger partial charge is 0.406 e. The SMILES string of the molecule is CCCCN(CC(F)(F)F)C(=O)C1(N)CCCCC1. The maximum atomic E-state index is 12.6. The third-order valence-corrected chi connectivity index (χ3v) is 3.61. The highest BCUT2D eigenvalue weighted by molar-refractivity contribution is 5.86. The van der Waals surface area contributed by atoms with Crippen LogP contribution < -0.4 is 5.73 Å². The van der Waals surface area contributed by atoms with Crippen molar-refractivity contribution in [3.05, 3.63) is 0 Å². The van der Waals surface area contributed by atoms with E-state index in [4.69, 9.17) is 5.73 Å². The van der Waals surface area contributed by atoms with Crippen molar-refractivity contribution in [1.29, 1.82) is 0 Å². The highest BCUT2D eigenvalue weighted by Crippen LogP contribution is 2.29. The Bertz CT molecular complexity index is 299. The minimum Gasteiger partial charge on any atom is -0.332 e. The van der Waals surface area contributed by atoms with Crippen LogP contribution in [0.5, 0.6) is 0 Å². The van der Waals surface area contributed by atoms with Gasteiger partial charge < -0.3 is 10.6 Å². The van der Waals surface area contributed by atoms with Crippen molar-refractivity contribution in [2.75, 3.05) is 13.1 Å². The molecule has 1 aliphatic carbocycles. The lowest BCUT2D eigenvalue weighted by Crippen LogP contribution is -2.57. The predicted octanol–water partition coefficient (Wildman–Crippen LogP) is 2.84. The molecule has 0 atom stereocenters. The molecule has 0 unspecified atom stereocenters. The summed E-state index contributed by atoms with van der Waals surface area (Å²) in [6.07, 6.45) is 0.566. The molecule has 0 bridgehead atoms. The molecule has 0 heterocycles. The van der Waals surface area contributed by atoms with Gasteiger partial charge in [0, 0.05) is 6.54 Å². The molecule has 0 aromatic carbocycles. The number of hydrogen-bond acceptors (Lipinski definition) is 2. The lowest BCUT2D eigenvalue weighted by Gasteiger charge is -2.37. The van der Waals surface area contributed by atoms with E-state index in [9.17, 15) is 18.0 Å². The predicted molar refractivity (Wildman–Crippen MR) is 67.5 cm³/mol. The molecule has 1 aliphatic rings. The van der Waals surface area contributed by atoms with Gasteiger partial charge in [0.2, 0.25) is 5.91 Å². The van der Waals surface area contributed by atoms with E-state index in [-0.39, 0.29) is 6.54 Å². The molecule has 1 amide bonds. The average molecular weight is 280 g/mol. The Morgan fingerprint density at radius 2 is 1.84 bits per heavy atom. The van der Waals surface area contributed by atoms with E-state index in [0.717, 1.165) is 30.6 Å². The molecule has 112 valence electrons. The second-order valence-corrected chi connectivity index (χ2v) is 5.41. The van der Waals surface area contributed by atoms with E-state index >= 15 is 0 Å². The van der Waals surface area contributed by atoms with Crippen LogP contribution in [0.2, 0.25) is 0 Å². The number of unbranched alkanes of at least 4 members (excludes halogenated alkanes) is 1. The molecule has 1 saturated carbocycles. The van der Waals surface area contributed by atoms with Crippen LogP contribution in [0.3, 0.4) is 0 Å². The minimum absolute atomic E-state index is 0.133. The van der Waals surface area contributed by atoms with Crippen molar-refractivity contribution in [1.82, 2.24) is 4.90 Å². The number of carbonyl (C=O) groups is 1. The number of nitrogens with zero attached hydrogens (tertiary/aromatic N) is 1. The first-order valence-electron chi connectivity index (χ1n) is 6.93. The molecule has 1 rings (SSSR count). The minimum atomic E-state index is -4.37. The zero-order valence-electron chi connectivity index (χ0n) is 11.4. The van der Waals surface area contributed by atoms with Gasteiger partial charge in [-0.05, 0) is 19.3 Å². The van der Waals surface area contributed by atoms with Gasteiger partial charge in [0.25, 0.3) is 0 Å². The van der Waals surface area contributed by atoms with E-state index in [1.807, 2.05) is 6.92 Å². The smallest absolute Gasteiger partial charge is 0.332 e. The van der Waals surface area contributed by atoms with Crippen molar-refractivity contribution in [3.63, 3.8) is 0 Å². The first kappa shape index (κ1) is 16.3. The Morgan fingerprint density at radius 1 is 1.26 bits per heavy atom. The van der Waals surface area contributed by atoms with Crippen LogP contribution in [0.25, 0.3) is 0 Å². The molecule has 6 heteroatoms. The van der Waals surface area contributed by atoms with Gasteiger partial charge in [0.1, 0.15) is 6.54 Å². The fraction of sp³-hybridized carbons (Fsp3) is 0.923. The highest BCUT2D eigenvalue weighted by atomic mass is 19.4. The maximum Gasteiger partial charge on any atom is 0.406 e. The molecule has 1 fully saturated rings. The summed E-state index contributed by atoms with van der Waals surface area (Å²) in [6.45, 7) is 0.827. The Balaban J connectivity index is 2.74. The quantitative estimate of drug-likeness (QED) is 0.841. The standard InChI is InChI=1S/C13H23F3N2O/c1-2-3-9-18(10-13(14,15)16)11(19)12(17)7-5-4-6-8-12/h2-10,17H2,1H3. The maximum absolute atomic E-state index is 12.6. The summed E-state index contributed by atoms with van der Waals surface area (Å²) >= 11 is 0. The Hall–Kier alpha value is -0.780. The van der Waals surface area contributed by atoms with E-state index in [2.05, 4.69) is 0 Å². The van der Waals surface area contributed by atoms with Crippen LogP contribution in [0.15, 0.2) is 0 Å². The van der Waals surface area contributed by atoms with Crippen molar-refractivity contribution in [2.45, 2.75) is 63.6 Å². The van der Waals surface area contributed by atoms with Crippen LogP contribution in [0.1, 0.15) is 51.9 Å². The summed E-state index contributed by atoms with van der Waals surface area (Å²) in [7, 11) is 0. The van der Waals surface area contributed by atoms with Crippen LogP contribution >= 0.6 is 0 Å². The molecular weight excluding hydrogens is 257 g/mol. The fourth-order valence-electron chi connectivity index (χ4n) is 2.53. The molecule has 0 aromatic heterocycles. The van der Waals surface area contributed by atoms with Crippen LogP contribution in [0, 0.1) is 0 Å². The summed E-state index contributed by atoms with van der Waals surface area (Å²) in [5, 5.41) is 0. The molecule has 0 radical (unpaired) electrons. The van der Waals surface area contributed by atoms with Crippen molar-refractivity contribution < 1.29 is 18.0 Å². The van der Waals surface area contributed by atoms with E-state index in [0.29, 0.717) is 19.3 Å². The van der Waals surface area contributed by atoms with Crippen molar-refractivity contribution in [3.8, 4) is 0 Å². The zero-order chi connectivity index (χ0) is 14.5. The Labute approximate surface area is 112 Å². The monoisotopic (exact) mass is 280 g/mol. The fourth-order valence-corrected chi connectivity index (χ4v) is 2.53. The molecule has 3 nitrogen and oxygen atoms in total. The van der Waals surface area contributed by atoms with Crippen LogP contribution in [-0.2, 0) is 4.79 Å². The third-order valence-electron chi connectivity index (χ3n) is 3.61. The van der Waals surface area contributed by atoms with Gasteiger partial charge in [0.15, 0.2) is 0 Å². The number of nitrogens with two attached hydrogens (primary N) is 1. The van der Waals surface area contributed by atoms with Gasteiger partial charge >= 0.3 is 6.18 Å². The zero-order valence-corrected chi connectivity index (χ0v) is 11.4. The summed E-state index contributed by atoms with van der Waals surface area (Å²) in [6, 6.07) is 0. The molecule has 0 aromatic rings. The number of rotatable bonds is 5. The molecule has 2 N–H and O–H groups in total. The van der Waals surface area contributed by atoms with Gasteiger partial charge in [-0.1, -0.05) is 32.6 Å². The summed E-state index contributed by atoms with van der Waals surface area (Å²) < 4.78 is 37.7. The number of amides is 1. The second-order valence-electron chi connectivity index (χ2n) is 5.41. The third kappa shape index (κ3) is 5.01. The Kier molecular flexibility index (Phi) is 5.64. The topological polar surface area (TPSA) is 46.3 Å². The molecular formula is C13H23F3N2O. The van der Waals surface area contributed by atoms with Gasteiger partial charge in [0.05, 0.1) is 5.54 Å². The van der Waals surface area contributed by atoms with Gasteiger partial charge in [-0.25, -0.2) is 0 Å². The Morgan fingerprint density at radius 3 is 2.32 bits per heavy atom. The summed E-state index contributed by atoms with van der Waals surface area (Å²) in [5.74, 6) is -0.530. The van der Waals surface area contributed by atoms with Gasteiger partial charge in [-0.2, -0.15) is 13.2 Å². The van der Waals surface area contributed by atoms with E-state index < -0.39 is 24.2 Å². The number of carbonyl (C=O) groups excluding carboxylic acids is 1. The molecule has 0 aliphatic heterocycles. The van der Waals surface area contributed by atoms with Crippen molar-refractivity contribution >= 4 is 5.91 Å². The highest BCUT2D eigenvalue weighted by Gasteiger charge is 2.41. The van der Waals surface area contributed by atoms with E-state index in [1.165, 1.54) is 0 Å². The molecule has 0 saturated heterocycles. The molecule has 0 spiro atoms. The second kappa shape index (κ2) is 6.59. The lowest BCUT2D eigenvalue weighted by atomic mass is 9.81. The summed E-state index contributed by atoms with van der Waals surface area (Å²) in [4.78, 5) is 13.2. The van der Waals surface area contributed by atoms with Crippen LogP contribution in [-0.4, -0.2) is 35.6 Å². The molecule has 19 heavy (non-hydrogen) atoms. The average Bonchev–Trinajstić information content (AvgIpc) is 2.33. The lowest BCUT2D eigenvalue weighted by molar-refractivity contribution is -0.165. The van der Waals surface area contributed by atoms with Gasteiger partial charge in [-0.15, -0.1) is 0 Å². The summed E-state index contributed by atoms with van der Waals surface area (Å²) in [5.41, 5.74) is 4.95. The van der Waals surface area contributed by atoms with Crippen LogP contribution in [0.4, 0.5) is 13.2 Å². The first-order chi connectivity index (χ1) is 8.78. The van der Waals surface area contributed by atoms with Gasteiger partial charge in [-0.3, -0.25) is 4.79 Å². The number of halogens is 3.